The van der Waals surface area contributed by atoms with E-state index < -0.39 is 38.0 Å². The molecule has 7 rings (SSSR count). The molecule has 17 nitrogen and oxygen atoms in total. The zero-order valence-corrected chi connectivity index (χ0v) is 22.8. The van der Waals surface area contributed by atoms with Crippen molar-refractivity contribution in [2.24, 2.45) is 11.8 Å². The number of nitrogens with one attached hydrogen (secondary N) is 1. The number of anilines is 2. The second-order valence-electron chi connectivity index (χ2n) is 10.7. The standard InChI is InChI=1S/C23H29N10O7P/c1-10-12-4-2-3-11-5-13(22(38-11)33-9-29-16-19(33)30-23(25)31-20(16)34)40-41(35,36)37-6-14(12)39-21(10)32-8-28-15-17(24)26-7-27-18(15)32/h7-14,21-22H,2-6H2,1H3,(H,35,36)(H2,24,26,27)(H3,25,30,31,34)/t10-,11?,12-,13?,14+,21+,22+/m0/s1. The van der Waals surface area contributed by atoms with E-state index in [-0.39, 0.29) is 47.5 Å². The van der Waals surface area contributed by atoms with Crippen LogP contribution in [0.25, 0.3) is 22.3 Å². The van der Waals surface area contributed by atoms with Crippen molar-refractivity contribution in [1.82, 2.24) is 39.0 Å². The molecule has 18 heteroatoms. The highest BCUT2D eigenvalue weighted by Gasteiger charge is 2.47. The van der Waals surface area contributed by atoms with Crippen LogP contribution in [0, 0.1) is 11.8 Å². The predicted octanol–water partition coefficient (Wildman–Crippen LogP) is 1.25. The minimum atomic E-state index is -4.56. The van der Waals surface area contributed by atoms with Crippen molar-refractivity contribution in [2.75, 3.05) is 18.1 Å². The summed E-state index contributed by atoms with van der Waals surface area (Å²) >= 11 is 0. The fourth-order valence-corrected chi connectivity index (χ4v) is 7.19. The van der Waals surface area contributed by atoms with Crippen molar-refractivity contribution >= 4 is 41.9 Å². The molecule has 4 aromatic heterocycles. The molecule has 3 unspecified atom stereocenters. The van der Waals surface area contributed by atoms with E-state index >= 15 is 0 Å². The van der Waals surface area contributed by atoms with Crippen LogP contribution in [0.5, 0.6) is 0 Å². The minimum absolute atomic E-state index is 0.000510. The number of hydrogen-bond acceptors (Lipinski definition) is 13. The molecule has 0 aliphatic carbocycles. The van der Waals surface area contributed by atoms with E-state index in [0.717, 1.165) is 12.8 Å². The van der Waals surface area contributed by atoms with Crippen molar-refractivity contribution in [1.29, 1.82) is 0 Å². The number of imidazole rings is 2. The Hall–Kier alpha value is -3.47. The number of phosphoric acid groups is 1. The maximum absolute atomic E-state index is 13.2. The summed E-state index contributed by atoms with van der Waals surface area (Å²) in [6.07, 6.45) is 4.01. The third-order valence-electron chi connectivity index (χ3n) is 8.18. The first kappa shape index (κ1) is 26.4. The summed E-state index contributed by atoms with van der Waals surface area (Å²) < 4.78 is 40.3. The zero-order chi connectivity index (χ0) is 28.5. The summed E-state index contributed by atoms with van der Waals surface area (Å²) in [7, 11) is -4.56. The summed E-state index contributed by atoms with van der Waals surface area (Å²) in [5.41, 5.74) is 12.5. The average molecular weight is 589 g/mol. The number of aromatic nitrogens is 8. The lowest BCUT2D eigenvalue weighted by Gasteiger charge is -2.24. The van der Waals surface area contributed by atoms with Gasteiger partial charge >= 0.3 is 7.82 Å². The lowest BCUT2D eigenvalue weighted by Crippen LogP contribution is -2.26. The van der Waals surface area contributed by atoms with E-state index in [1.165, 1.54) is 17.2 Å². The largest absolute Gasteiger partial charge is 0.472 e. The van der Waals surface area contributed by atoms with Gasteiger partial charge in [-0.3, -0.25) is 28.0 Å². The van der Waals surface area contributed by atoms with Crippen LogP contribution >= 0.6 is 7.82 Å². The summed E-state index contributed by atoms with van der Waals surface area (Å²) in [5.74, 6) is 0.184. The highest BCUT2D eigenvalue weighted by atomic mass is 31.2. The number of nitrogen functional groups attached to an aromatic ring is 2. The number of fused-ring (bicyclic) bond motifs is 5. The number of aromatic amines is 1. The van der Waals surface area contributed by atoms with Gasteiger partial charge in [0.15, 0.2) is 28.9 Å². The summed E-state index contributed by atoms with van der Waals surface area (Å²) in [5, 5.41) is 0. The van der Waals surface area contributed by atoms with Gasteiger partial charge in [0.05, 0.1) is 31.5 Å². The van der Waals surface area contributed by atoms with Crippen LogP contribution in [0.3, 0.4) is 0 Å². The number of H-pyrrole nitrogens is 1. The molecule has 3 saturated heterocycles. The van der Waals surface area contributed by atoms with Crippen molar-refractivity contribution < 1.29 is 28.0 Å². The van der Waals surface area contributed by atoms with E-state index in [4.69, 9.17) is 30.0 Å². The van der Waals surface area contributed by atoms with Gasteiger partial charge in [0, 0.05) is 12.3 Å². The van der Waals surface area contributed by atoms with Gasteiger partial charge in [0.1, 0.15) is 24.2 Å². The zero-order valence-electron chi connectivity index (χ0n) is 21.9. The molecular weight excluding hydrogens is 559 g/mol. The first-order valence-electron chi connectivity index (χ1n) is 13.3. The van der Waals surface area contributed by atoms with E-state index in [2.05, 4.69) is 36.8 Å². The number of phosphoric ester groups is 1. The number of rotatable bonds is 2. The Balaban J connectivity index is 1.15. The second-order valence-corrected chi connectivity index (χ2v) is 12.1. The molecule has 0 aromatic carbocycles. The van der Waals surface area contributed by atoms with Gasteiger partial charge in [-0.15, -0.1) is 0 Å². The fraction of sp³-hybridized carbons (Fsp3) is 0.565. The molecule has 0 spiro atoms. The summed E-state index contributed by atoms with van der Waals surface area (Å²) in [6.45, 7) is 1.90. The van der Waals surface area contributed by atoms with Crippen molar-refractivity contribution in [3.05, 3.63) is 29.3 Å². The normalized spacial score (nSPS) is 34.4. The summed E-state index contributed by atoms with van der Waals surface area (Å²) in [4.78, 5) is 46.4. The van der Waals surface area contributed by atoms with Gasteiger partial charge < -0.3 is 25.8 Å². The van der Waals surface area contributed by atoms with Gasteiger partial charge in [0.2, 0.25) is 5.95 Å². The van der Waals surface area contributed by atoms with Gasteiger partial charge in [-0.2, -0.15) is 4.98 Å². The SMILES string of the molecule is C[C@H]1[C@@H]2CCCC3CC(OP(=O)(O)OC[C@H]2O[C@H]1n1cnc2c(N)ncnc21)[C@H](n1cnc2c(=O)[nH]c(N)nc21)O3. The second kappa shape index (κ2) is 9.82. The van der Waals surface area contributed by atoms with Gasteiger partial charge in [-0.05, 0) is 18.8 Å². The highest BCUT2D eigenvalue weighted by Crippen LogP contribution is 2.52. The first-order chi connectivity index (χ1) is 19.7. The molecule has 7 heterocycles. The molecule has 8 atom stereocenters. The van der Waals surface area contributed by atoms with Crippen LogP contribution < -0.4 is 17.0 Å². The molecule has 41 heavy (non-hydrogen) atoms. The lowest BCUT2D eigenvalue weighted by molar-refractivity contribution is -0.0479. The van der Waals surface area contributed by atoms with Crippen LogP contribution in [0.1, 0.15) is 45.1 Å². The Bertz CT molecular complexity index is 1720. The third-order valence-corrected chi connectivity index (χ3v) is 9.19. The maximum Gasteiger partial charge on any atom is 0.472 e. The molecule has 4 aromatic rings. The quantitative estimate of drug-likeness (QED) is 0.241. The molecule has 3 aliphatic rings. The first-order valence-corrected chi connectivity index (χ1v) is 14.8. The van der Waals surface area contributed by atoms with Crippen molar-refractivity contribution in [3.63, 3.8) is 0 Å². The predicted molar refractivity (Wildman–Crippen MR) is 142 cm³/mol. The third kappa shape index (κ3) is 4.58. The van der Waals surface area contributed by atoms with E-state index in [1.54, 1.807) is 6.33 Å². The molecule has 0 amide bonds. The molecule has 6 N–H and O–H groups in total. The van der Waals surface area contributed by atoms with Gasteiger partial charge in [-0.1, -0.05) is 13.3 Å². The van der Waals surface area contributed by atoms with Gasteiger partial charge in [-0.25, -0.2) is 24.5 Å². The van der Waals surface area contributed by atoms with Crippen molar-refractivity contribution in [2.45, 2.75) is 63.4 Å². The van der Waals surface area contributed by atoms with E-state index in [9.17, 15) is 14.3 Å². The fourth-order valence-electron chi connectivity index (χ4n) is 6.26. The molecule has 2 bridgehead atoms. The molecule has 0 saturated carbocycles. The number of nitrogens with zero attached hydrogens (tertiary/aromatic N) is 7. The molecule has 3 fully saturated rings. The van der Waals surface area contributed by atoms with E-state index in [1.807, 2.05) is 4.57 Å². The Morgan fingerprint density at radius 1 is 1.02 bits per heavy atom. The molecule has 0 radical (unpaired) electrons. The minimum Gasteiger partial charge on any atom is -0.382 e. The van der Waals surface area contributed by atoms with Crippen LogP contribution in [0.4, 0.5) is 11.8 Å². The molecular formula is C23H29N10O7P. The Morgan fingerprint density at radius 2 is 1.80 bits per heavy atom. The van der Waals surface area contributed by atoms with Crippen LogP contribution in [0.15, 0.2) is 23.8 Å². The smallest absolute Gasteiger partial charge is 0.382 e. The Morgan fingerprint density at radius 3 is 2.63 bits per heavy atom. The van der Waals surface area contributed by atoms with Gasteiger partial charge in [0.25, 0.3) is 5.56 Å². The lowest BCUT2D eigenvalue weighted by atomic mass is 9.86. The number of ether oxygens (including phenoxy) is 2. The number of nitrogens with two attached hydrogens (primary N) is 2. The Kier molecular flexibility index (Phi) is 6.33. The maximum atomic E-state index is 13.2. The average Bonchev–Trinajstić information content (AvgIpc) is 3.68. The molecule has 218 valence electrons. The molecule has 3 aliphatic heterocycles. The monoisotopic (exact) mass is 588 g/mol. The van der Waals surface area contributed by atoms with Crippen molar-refractivity contribution in [3.8, 4) is 0 Å². The number of hydrogen-bond donors (Lipinski definition) is 4. The Labute approximate surface area is 231 Å². The van der Waals surface area contributed by atoms with Crippen LogP contribution in [-0.4, -0.2) is 68.9 Å². The van der Waals surface area contributed by atoms with E-state index in [0.29, 0.717) is 24.0 Å². The van der Waals surface area contributed by atoms with Crippen LogP contribution in [-0.2, 0) is 23.1 Å². The summed E-state index contributed by atoms with van der Waals surface area (Å²) in [6, 6.07) is 0. The highest BCUT2D eigenvalue weighted by molar-refractivity contribution is 7.47. The van der Waals surface area contributed by atoms with Crippen LogP contribution in [0.2, 0.25) is 0 Å². The topological polar surface area (TPSA) is 233 Å².